The fraction of sp³-hybridized carbons (Fsp3) is 0.500. The molecule has 1 aromatic rings. The maximum Gasteiger partial charge on any atom is 0.411 e. The van der Waals surface area contributed by atoms with Gasteiger partial charge in [0, 0.05) is 26.7 Å². The molecule has 1 aromatic carbocycles. The van der Waals surface area contributed by atoms with Crippen LogP contribution in [-0.4, -0.2) is 54.8 Å². The maximum absolute atomic E-state index is 12.3. The van der Waals surface area contributed by atoms with Crippen molar-refractivity contribution in [3.05, 3.63) is 35.4 Å². The van der Waals surface area contributed by atoms with E-state index in [1.807, 2.05) is 0 Å². The van der Waals surface area contributed by atoms with Gasteiger partial charge in [0.15, 0.2) is 0 Å². The van der Waals surface area contributed by atoms with Gasteiger partial charge in [-0.2, -0.15) is 0 Å². The van der Waals surface area contributed by atoms with Crippen LogP contribution in [0.25, 0.3) is 0 Å². The zero-order chi connectivity index (χ0) is 18.7. The third-order valence-electron chi connectivity index (χ3n) is 3.72. The standard InChI is InChI=1S/C18H26N2O4/c1-17(2,3)24-16(23)20(7)18(4,12-21)14-10-8-13(9-11-14)15(22)19(5)6/h8-12H,1-7H3. The summed E-state index contributed by atoms with van der Waals surface area (Å²) in [4.78, 5) is 38.7. The Morgan fingerprint density at radius 1 is 1.00 bits per heavy atom. The van der Waals surface area contributed by atoms with E-state index in [0.29, 0.717) is 17.4 Å². The van der Waals surface area contributed by atoms with Crippen LogP contribution in [0.5, 0.6) is 0 Å². The van der Waals surface area contributed by atoms with E-state index < -0.39 is 17.2 Å². The molecule has 1 atom stereocenters. The Kier molecular flexibility index (Phi) is 5.76. The molecule has 132 valence electrons. The van der Waals surface area contributed by atoms with Crippen molar-refractivity contribution in [2.75, 3.05) is 21.1 Å². The van der Waals surface area contributed by atoms with Gasteiger partial charge >= 0.3 is 6.09 Å². The van der Waals surface area contributed by atoms with Crippen LogP contribution in [0.15, 0.2) is 24.3 Å². The lowest BCUT2D eigenvalue weighted by Gasteiger charge is -2.35. The number of carbonyl (C=O) groups is 3. The Bertz CT molecular complexity index is 617. The molecule has 1 unspecified atom stereocenters. The maximum atomic E-state index is 12.3. The van der Waals surface area contributed by atoms with Crippen LogP contribution in [0.2, 0.25) is 0 Å². The summed E-state index contributed by atoms with van der Waals surface area (Å²) in [5, 5.41) is 0. The highest BCUT2D eigenvalue weighted by Gasteiger charge is 2.36. The number of likely N-dealkylation sites (N-methyl/N-ethyl adjacent to an activating group) is 1. The second-order valence-electron chi connectivity index (χ2n) is 7.08. The zero-order valence-electron chi connectivity index (χ0n) is 15.4. The summed E-state index contributed by atoms with van der Waals surface area (Å²) in [5.41, 5.74) is -0.739. The lowest BCUT2D eigenvalue weighted by atomic mass is 9.91. The lowest BCUT2D eigenvalue weighted by molar-refractivity contribution is -0.117. The molecule has 0 bridgehead atoms. The van der Waals surface area contributed by atoms with Crippen molar-refractivity contribution in [2.24, 2.45) is 0 Å². The van der Waals surface area contributed by atoms with E-state index in [0.717, 1.165) is 0 Å². The smallest absolute Gasteiger partial charge is 0.411 e. The van der Waals surface area contributed by atoms with Crippen LogP contribution >= 0.6 is 0 Å². The molecule has 0 saturated heterocycles. The first-order valence-corrected chi connectivity index (χ1v) is 7.67. The van der Waals surface area contributed by atoms with Crippen LogP contribution < -0.4 is 0 Å². The first-order chi connectivity index (χ1) is 10.9. The quantitative estimate of drug-likeness (QED) is 0.794. The number of nitrogens with zero attached hydrogens (tertiary/aromatic N) is 2. The Balaban J connectivity index is 3.12. The summed E-state index contributed by atoms with van der Waals surface area (Å²) in [6.07, 6.45) is 0.102. The Labute approximate surface area is 143 Å². The van der Waals surface area contributed by atoms with Crippen LogP contribution in [0.1, 0.15) is 43.6 Å². The molecule has 1 rings (SSSR count). The van der Waals surface area contributed by atoms with E-state index in [2.05, 4.69) is 0 Å². The monoisotopic (exact) mass is 334 g/mol. The summed E-state index contributed by atoms with van der Waals surface area (Å²) in [6, 6.07) is 6.63. The van der Waals surface area contributed by atoms with Crippen molar-refractivity contribution in [3.8, 4) is 0 Å². The normalized spacial score (nSPS) is 13.6. The minimum absolute atomic E-state index is 0.130. The van der Waals surface area contributed by atoms with Gasteiger partial charge in [-0.05, 0) is 45.4 Å². The molecule has 0 fully saturated rings. The summed E-state index contributed by atoms with van der Waals surface area (Å²) < 4.78 is 5.33. The van der Waals surface area contributed by atoms with E-state index >= 15 is 0 Å². The van der Waals surface area contributed by atoms with E-state index in [9.17, 15) is 14.4 Å². The van der Waals surface area contributed by atoms with E-state index in [4.69, 9.17) is 4.74 Å². The van der Waals surface area contributed by atoms with Crippen LogP contribution in [0.3, 0.4) is 0 Å². The number of aldehydes is 1. The third kappa shape index (κ3) is 4.34. The molecule has 0 aromatic heterocycles. The van der Waals surface area contributed by atoms with Crippen molar-refractivity contribution < 1.29 is 19.1 Å². The fourth-order valence-corrected chi connectivity index (χ4v) is 2.07. The number of amides is 2. The summed E-state index contributed by atoms with van der Waals surface area (Å²) in [6.45, 7) is 6.92. The van der Waals surface area contributed by atoms with Crippen molar-refractivity contribution in [1.29, 1.82) is 0 Å². The molecule has 2 amide bonds. The SMILES string of the molecule is CN(C)C(=O)c1ccc(C(C)(C=O)N(C)C(=O)OC(C)(C)C)cc1. The molecule has 6 nitrogen and oxygen atoms in total. The molecule has 6 heteroatoms. The Morgan fingerprint density at radius 2 is 1.50 bits per heavy atom. The molecular formula is C18H26N2O4. The first-order valence-electron chi connectivity index (χ1n) is 7.67. The number of rotatable bonds is 4. The van der Waals surface area contributed by atoms with Gasteiger partial charge in [0.05, 0.1) is 0 Å². The van der Waals surface area contributed by atoms with E-state index in [-0.39, 0.29) is 5.91 Å². The van der Waals surface area contributed by atoms with Crippen LogP contribution in [0.4, 0.5) is 4.79 Å². The predicted octanol–water partition coefficient (Wildman–Crippen LogP) is 2.67. The molecule has 0 aliphatic carbocycles. The van der Waals surface area contributed by atoms with Gasteiger partial charge < -0.3 is 14.4 Å². The molecule has 0 heterocycles. The van der Waals surface area contributed by atoms with E-state index in [1.54, 1.807) is 66.1 Å². The molecule has 0 spiro atoms. The minimum atomic E-state index is -1.19. The highest BCUT2D eigenvalue weighted by molar-refractivity contribution is 5.94. The van der Waals surface area contributed by atoms with Crippen molar-refractivity contribution in [3.63, 3.8) is 0 Å². The highest BCUT2D eigenvalue weighted by Crippen LogP contribution is 2.27. The number of carbonyl (C=O) groups excluding carboxylic acids is 3. The largest absolute Gasteiger partial charge is 0.444 e. The van der Waals surface area contributed by atoms with Gasteiger partial charge in [-0.3, -0.25) is 9.69 Å². The van der Waals surface area contributed by atoms with Crippen LogP contribution in [-0.2, 0) is 15.1 Å². The minimum Gasteiger partial charge on any atom is -0.444 e. The average Bonchev–Trinajstić information content (AvgIpc) is 2.51. The van der Waals surface area contributed by atoms with Gasteiger partial charge in [-0.15, -0.1) is 0 Å². The van der Waals surface area contributed by atoms with Crippen molar-refractivity contribution in [2.45, 2.75) is 38.8 Å². The zero-order valence-corrected chi connectivity index (χ0v) is 15.4. The van der Waals surface area contributed by atoms with Crippen LogP contribution in [0, 0.1) is 0 Å². The number of ether oxygens (including phenoxy) is 1. The molecule has 0 aliphatic rings. The molecule has 0 aliphatic heterocycles. The molecule has 0 N–H and O–H groups in total. The number of hydrogen-bond donors (Lipinski definition) is 0. The average molecular weight is 334 g/mol. The second kappa shape index (κ2) is 7.03. The summed E-state index contributed by atoms with van der Waals surface area (Å²) in [7, 11) is 4.85. The topological polar surface area (TPSA) is 66.9 Å². The molecule has 0 saturated carbocycles. The summed E-state index contributed by atoms with van der Waals surface area (Å²) in [5.74, 6) is -0.130. The number of benzene rings is 1. The highest BCUT2D eigenvalue weighted by atomic mass is 16.6. The van der Waals surface area contributed by atoms with Crippen molar-refractivity contribution >= 4 is 18.3 Å². The van der Waals surface area contributed by atoms with Gasteiger partial charge in [0.25, 0.3) is 5.91 Å². The van der Waals surface area contributed by atoms with Gasteiger partial charge in [-0.1, -0.05) is 12.1 Å². The predicted molar refractivity (Wildman–Crippen MR) is 91.9 cm³/mol. The Hall–Kier alpha value is -2.37. The molecule has 24 heavy (non-hydrogen) atoms. The third-order valence-corrected chi connectivity index (χ3v) is 3.72. The van der Waals surface area contributed by atoms with Crippen molar-refractivity contribution in [1.82, 2.24) is 9.80 Å². The van der Waals surface area contributed by atoms with Gasteiger partial charge in [-0.25, -0.2) is 4.79 Å². The second-order valence-corrected chi connectivity index (χ2v) is 7.08. The summed E-state index contributed by atoms with van der Waals surface area (Å²) >= 11 is 0. The molecular weight excluding hydrogens is 308 g/mol. The van der Waals surface area contributed by atoms with E-state index in [1.165, 1.54) is 16.8 Å². The molecule has 0 radical (unpaired) electrons. The lowest BCUT2D eigenvalue weighted by Crippen LogP contribution is -2.48. The number of hydrogen-bond acceptors (Lipinski definition) is 4. The van der Waals surface area contributed by atoms with Gasteiger partial charge in [0.1, 0.15) is 17.4 Å². The van der Waals surface area contributed by atoms with Gasteiger partial charge in [0.2, 0.25) is 0 Å². The fourth-order valence-electron chi connectivity index (χ4n) is 2.07. The first kappa shape index (κ1) is 19.7. The Morgan fingerprint density at radius 3 is 1.88 bits per heavy atom.